The van der Waals surface area contributed by atoms with Crippen LogP contribution in [0.15, 0.2) is 59.1 Å². The van der Waals surface area contributed by atoms with Gasteiger partial charge < -0.3 is 14.2 Å². The summed E-state index contributed by atoms with van der Waals surface area (Å²) in [6, 6.07) is 16.6. The molecule has 1 aromatic heterocycles. The molecule has 1 saturated heterocycles. The van der Waals surface area contributed by atoms with Crippen molar-refractivity contribution in [3.63, 3.8) is 0 Å². The van der Waals surface area contributed by atoms with Gasteiger partial charge in [0.1, 0.15) is 11.8 Å². The van der Waals surface area contributed by atoms with Crippen LogP contribution in [-0.4, -0.2) is 34.6 Å². The first-order chi connectivity index (χ1) is 12.8. The third kappa shape index (κ3) is 3.06. The molecule has 2 aromatic carbocycles. The largest absolute Gasteiger partial charge is 0.497 e. The van der Waals surface area contributed by atoms with E-state index in [4.69, 9.17) is 9.26 Å². The number of hydrogen-bond acceptors (Lipinski definition) is 5. The Morgan fingerprint density at radius 1 is 1.15 bits per heavy atom. The third-order valence-corrected chi connectivity index (χ3v) is 4.61. The van der Waals surface area contributed by atoms with Gasteiger partial charge in [-0.25, -0.2) is 0 Å². The molecule has 3 aromatic rings. The topological polar surface area (TPSA) is 68.5 Å². The maximum absolute atomic E-state index is 12.9. The summed E-state index contributed by atoms with van der Waals surface area (Å²) in [7, 11) is 1.60. The lowest BCUT2D eigenvalue weighted by Crippen LogP contribution is -2.30. The number of methoxy groups -OCH3 is 1. The highest BCUT2D eigenvalue weighted by Crippen LogP contribution is 2.33. The van der Waals surface area contributed by atoms with Crippen molar-refractivity contribution in [1.82, 2.24) is 15.0 Å². The number of carbonyl (C=O) groups is 1. The Bertz CT molecular complexity index is 890. The lowest BCUT2D eigenvalue weighted by molar-refractivity contribution is 0.0710. The van der Waals surface area contributed by atoms with E-state index in [9.17, 15) is 4.79 Å². The molecular formula is C20H19N3O3. The first kappa shape index (κ1) is 16.3. The van der Waals surface area contributed by atoms with Crippen LogP contribution in [0, 0.1) is 0 Å². The second kappa shape index (κ2) is 7.00. The smallest absolute Gasteiger partial charge is 0.254 e. The highest BCUT2D eigenvalue weighted by Gasteiger charge is 2.34. The van der Waals surface area contributed by atoms with Crippen molar-refractivity contribution in [1.29, 1.82) is 0 Å². The molecule has 2 heterocycles. The Hall–Kier alpha value is -3.15. The van der Waals surface area contributed by atoms with Crippen LogP contribution in [0.5, 0.6) is 5.75 Å². The monoisotopic (exact) mass is 349 g/mol. The van der Waals surface area contributed by atoms with Crippen molar-refractivity contribution in [2.24, 2.45) is 0 Å². The van der Waals surface area contributed by atoms with Crippen molar-refractivity contribution < 1.29 is 14.1 Å². The van der Waals surface area contributed by atoms with Crippen molar-refractivity contribution in [2.75, 3.05) is 13.7 Å². The van der Waals surface area contributed by atoms with Gasteiger partial charge in [0.25, 0.3) is 5.91 Å². The molecule has 0 aliphatic carbocycles. The van der Waals surface area contributed by atoms with E-state index in [1.807, 2.05) is 35.2 Å². The fourth-order valence-electron chi connectivity index (χ4n) is 3.24. The quantitative estimate of drug-likeness (QED) is 0.718. The Kier molecular flexibility index (Phi) is 4.39. The molecule has 1 aliphatic rings. The van der Waals surface area contributed by atoms with E-state index in [1.54, 1.807) is 31.4 Å². The van der Waals surface area contributed by atoms with Crippen LogP contribution in [-0.2, 0) is 0 Å². The molecule has 1 atom stereocenters. The van der Waals surface area contributed by atoms with Gasteiger partial charge in [-0.15, -0.1) is 0 Å². The summed E-state index contributed by atoms with van der Waals surface area (Å²) < 4.78 is 10.6. The van der Waals surface area contributed by atoms with Crippen molar-refractivity contribution in [3.05, 3.63) is 66.1 Å². The summed E-state index contributed by atoms with van der Waals surface area (Å²) >= 11 is 0. The Labute approximate surface area is 151 Å². The van der Waals surface area contributed by atoms with Crippen LogP contribution < -0.4 is 4.74 Å². The second-order valence-corrected chi connectivity index (χ2v) is 6.21. The predicted molar refractivity (Wildman–Crippen MR) is 95.7 cm³/mol. The maximum atomic E-state index is 12.9. The molecular weight excluding hydrogens is 330 g/mol. The Balaban J connectivity index is 1.56. The summed E-state index contributed by atoms with van der Waals surface area (Å²) in [6.07, 6.45) is 1.73. The molecule has 0 bridgehead atoms. The third-order valence-electron chi connectivity index (χ3n) is 4.61. The second-order valence-electron chi connectivity index (χ2n) is 6.21. The SMILES string of the molecule is COc1ccc(C(=O)N2CCC[C@@H]2c2nc(-c3ccccc3)no2)cc1. The molecule has 1 fully saturated rings. The zero-order chi connectivity index (χ0) is 17.9. The van der Waals surface area contributed by atoms with Crippen LogP contribution in [0.1, 0.15) is 35.1 Å². The number of ether oxygens (including phenoxy) is 1. The minimum atomic E-state index is -0.186. The lowest BCUT2D eigenvalue weighted by atomic mass is 10.1. The van der Waals surface area contributed by atoms with Gasteiger partial charge in [-0.05, 0) is 37.1 Å². The van der Waals surface area contributed by atoms with Crippen molar-refractivity contribution >= 4 is 5.91 Å². The highest BCUT2D eigenvalue weighted by atomic mass is 16.5. The number of likely N-dealkylation sites (tertiary alicyclic amines) is 1. The van der Waals surface area contributed by atoms with E-state index in [0.717, 1.165) is 24.2 Å². The summed E-state index contributed by atoms with van der Waals surface area (Å²) in [4.78, 5) is 19.2. The minimum absolute atomic E-state index is 0.0328. The number of rotatable bonds is 4. The standard InChI is InChI=1S/C20H19N3O3/c1-25-16-11-9-15(10-12-16)20(24)23-13-5-8-17(23)19-21-18(22-26-19)14-6-3-2-4-7-14/h2-4,6-7,9-12,17H,5,8,13H2,1H3/t17-/m1/s1. The number of nitrogens with zero attached hydrogens (tertiary/aromatic N) is 3. The fourth-order valence-corrected chi connectivity index (χ4v) is 3.24. The van der Waals surface area contributed by atoms with Crippen LogP contribution in [0.4, 0.5) is 0 Å². The van der Waals surface area contributed by atoms with Crippen LogP contribution in [0.3, 0.4) is 0 Å². The average molecular weight is 349 g/mol. The molecule has 6 nitrogen and oxygen atoms in total. The molecule has 26 heavy (non-hydrogen) atoms. The maximum Gasteiger partial charge on any atom is 0.254 e. The Morgan fingerprint density at radius 2 is 1.92 bits per heavy atom. The van der Waals surface area contributed by atoms with E-state index < -0.39 is 0 Å². The van der Waals surface area contributed by atoms with Gasteiger partial charge in [-0.3, -0.25) is 4.79 Å². The number of carbonyl (C=O) groups excluding carboxylic acids is 1. The zero-order valence-electron chi connectivity index (χ0n) is 14.5. The lowest BCUT2D eigenvalue weighted by Gasteiger charge is -2.22. The van der Waals surface area contributed by atoms with E-state index in [2.05, 4.69) is 10.1 Å². The number of benzene rings is 2. The van der Waals surface area contributed by atoms with Crippen LogP contribution in [0.25, 0.3) is 11.4 Å². The molecule has 0 radical (unpaired) electrons. The molecule has 4 rings (SSSR count). The summed E-state index contributed by atoms with van der Waals surface area (Å²) in [5.74, 6) is 1.73. The van der Waals surface area contributed by atoms with E-state index in [-0.39, 0.29) is 11.9 Å². The van der Waals surface area contributed by atoms with Gasteiger partial charge in [0.15, 0.2) is 0 Å². The van der Waals surface area contributed by atoms with Crippen LogP contribution in [0.2, 0.25) is 0 Å². The fraction of sp³-hybridized carbons (Fsp3) is 0.250. The van der Waals surface area contributed by atoms with Gasteiger partial charge >= 0.3 is 0 Å². The van der Waals surface area contributed by atoms with Gasteiger partial charge in [-0.2, -0.15) is 4.98 Å². The van der Waals surface area contributed by atoms with Gasteiger partial charge in [0.05, 0.1) is 7.11 Å². The normalized spacial score (nSPS) is 16.7. The van der Waals surface area contributed by atoms with Crippen molar-refractivity contribution in [3.8, 4) is 17.1 Å². The number of aromatic nitrogens is 2. The molecule has 6 heteroatoms. The molecule has 0 spiro atoms. The average Bonchev–Trinajstić information content (AvgIpc) is 3.37. The molecule has 1 amide bonds. The van der Waals surface area contributed by atoms with E-state index in [0.29, 0.717) is 23.8 Å². The minimum Gasteiger partial charge on any atom is -0.497 e. The summed E-state index contributed by atoms with van der Waals surface area (Å²) in [5.41, 5.74) is 1.52. The summed E-state index contributed by atoms with van der Waals surface area (Å²) in [5, 5.41) is 4.08. The number of hydrogen-bond donors (Lipinski definition) is 0. The predicted octanol–water partition coefficient (Wildman–Crippen LogP) is 3.72. The molecule has 1 aliphatic heterocycles. The molecule has 0 unspecified atom stereocenters. The van der Waals surface area contributed by atoms with E-state index in [1.165, 1.54) is 0 Å². The number of amides is 1. The molecule has 132 valence electrons. The summed E-state index contributed by atoms with van der Waals surface area (Å²) in [6.45, 7) is 0.679. The van der Waals surface area contributed by atoms with Gasteiger partial charge in [-0.1, -0.05) is 35.5 Å². The van der Waals surface area contributed by atoms with Crippen molar-refractivity contribution in [2.45, 2.75) is 18.9 Å². The zero-order valence-corrected chi connectivity index (χ0v) is 14.5. The molecule has 0 saturated carbocycles. The Morgan fingerprint density at radius 3 is 2.65 bits per heavy atom. The van der Waals surface area contributed by atoms with Gasteiger partial charge in [0.2, 0.25) is 11.7 Å². The highest BCUT2D eigenvalue weighted by molar-refractivity contribution is 5.94. The van der Waals surface area contributed by atoms with Gasteiger partial charge in [0, 0.05) is 17.7 Å². The van der Waals surface area contributed by atoms with E-state index >= 15 is 0 Å². The molecule has 0 N–H and O–H groups in total. The first-order valence-electron chi connectivity index (χ1n) is 8.60. The first-order valence-corrected chi connectivity index (χ1v) is 8.60. The van der Waals surface area contributed by atoms with Crippen LogP contribution >= 0.6 is 0 Å².